The molecule has 0 fully saturated rings. The van der Waals surface area contributed by atoms with Crippen molar-refractivity contribution in [1.29, 1.82) is 0 Å². The third-order valence-corrected chi connectivity index (χ3v) is 2.37. The van der Waals surface area contributed by atoms with Crippen LogP contribution >= 0.6 is 23.2 Å². The van der Waals surface area contributed by atoms with Gasteiger partial charge in [-0.3, -0.25) is 4.79 Å². The van der Waals surface area contributed by atoms with Crippen LogP contribution in [0.25, 0.3) is 0 Å². The van der Waals surface area contributed by atoms with Gasteiger partial charge in [-0.15, -0.1) is 0 Å². The smallest absolute Gasteiger partial charge is 0.298 e. The normalized spacial score (nSPS) is 11.5. The zero-order valence-electron chi connectivity index (χ0n) is 6.53. The Morgan fingerprint density at radius 2 is 1.79 bits per heavy atom. The first-order valence-corrected chi connectivity index (χ1v) is 4.14. The van der Waals surface area contributed by atoms with E-state index in [1.807, 2.05) is 0 Å². The summed E-state index contributed by atoms with van der Waals surface area (Å²) in [5.41, 5.74) is -1.71. The Morgan fingerprint density at radius 3 is 2.21 bits per heavy atom. The predicted molar refractivity (Wildman–Crippen MR) is 46.9 cm³/mol. The fourth-order valence-electron chi connectivity index (χ4n) is 0.929. The molecular formula is C8H3Cl2F3O. The summed E-state index contributed by atoms with van der Waals surface area (Å²) in [6, 6.07) is 1.72. The number of carbonyl (C=O) groups excluding carboxylic acids is 1. The lowest BCUT2D eigenvalue weighted by Gasteiger charge is -2.10. The molecule has 0 atom stereocenters. The molecule has 0 saturated heterocycles. The second-order valence-electron chi connectivity index (χ2n) is 2.44. The summed E-state index contributed by atoms with van der Waals surface area (Å²) in [6.07, 6.45) is -4.57. The number of hydrogen-bond donors (Lipinski definition) is 0. The van der Waals surface area contributed by atoms with Gasteiger partial charge in [-0.2, -0.15) is 13.2 Å². The molecule has 1 aromatic carbocycles. The van der Waals surface area contributed by atoms with Gasteiger partial charge in [0.15, 0.2) is 6.29 Å². The van der Waals surface area contributed by atoms with Crippen LogP contribution in [0.4, 0.5) is 13.2 Å². The maximum absolute atomic E-state index is 12.3. The number of rotatable bonds is 1. The second kappa shape index (κ2) is 3.79. The Morgan fingerprint density at radius 1 is 1.21 bits per heavy atom. The molecule has 0 aliphatic carbocycles. The molecule has 0 bridgehead atoms. The van der Waals surface area contributed by atoms with Crippen LogP contribution in [-0.2, 0) is 6.18 Å². The summed E-state index contributed by atoms with van der Waals surface area (Å²) in [4.78, 5) is 10.4. The largest absolute Gasteiger partial charge is 0.417 e. The lowest BCUT2D eigenvalue weighted by atomic mass is 10.1. The molecule has 0 heterocycles. The van der Waals surface area contributed by atoms with Crippen LogP contribution in [0.5, 0.6) is 0 Å². The lowest BCUT2D eigenvalue weighted by Crippen LogP contribution is -2.09. The van der Waals surface area contributed by atoms with Gasteiger partial charge in [-0.1, -0.05) is 23.2 Å². The van der Waals surface area contributed by atoms with Gasteiger partial charge in [0.05, 0.1) is 15.6 Å². The summed E-state index contributed by atoms with van der Waals surface area (Å²) >= 11 is 10.9. The van der Waals surface area contributed by atoms with Crippen molar-refractivity contribution in [2.24, 2.45) is 0 Å². The first kappa shape index (κ1) is 11.3. The minimum Gasteiger partial charge on any atom is -0.298 e. The van der Waals surface area contributed by atoms with Crippen LogP contribution < -0.4 is 0 Å². The molecule has 14 heavy (non-hydrogen) atoms. The van der Waals surface area contributed by atoms with Gasteiger partial charge < -0.3 is 0 Å². The van der Waals surface area contributed by atoms with Crippen LogP contribution in [0.15, 0.2) is 12.1 Å². The number of carbonyl (C=O) groups is 1. The molecule has 76 valence electrons. The third-order valence-electron chi connectivity index (χ3n) is 1.56. The Kier molecular flexibility index (Phi) is 3.07. The number of aldehydes is 1. The number of hydrogen-bond acceptors (Lipinski definition) is 1. The van der Waals surface area contributed by atoms with E-state index < -0.39 is 17.3 Å². The van der Waals surface area contributed by atoms with Crippen molar-refractivity contribution in [2.45, 2.75) is 6.18 Å². The SMILES string of the molecule is O=Cc1c(C(F)(F)F)ccc(Cl)c1Cl. The van der Waals surface area contributed by atoms with Crippen molar-refractivity contribution in [1.82, 2.24) is 0 Å². The third kappa shape index (κ3) is 2.01. The molecule has 0 spiro atoms. The maximum atomic E-state index is 12.3. The Hall–Kier alpha value is -0.740. The molecule has 6 heteroatoms. The molecule has 1 rings (SSSR count). The van der Waals surface area contributed by atoms with Gasteiger partial charge in [0, 0.05) is 5.56 Å². The average molecular weight is 243 g/mol. The van der Waals surface area contributed by atoms with Gasteiger partial charge in [0.2, 0.25) is 0 Å². The van der Waals surface area contributed by atoms with Crippen molar-refractivity contribution in [2.75, 3.05) is 0 Å². The fraction of sp³-hybridized carbons (Fsp3) is 0.125. The second-order valence-corrected chi connectivity index (χ2v) is 3.22. The molecular weight excluding hydrogens is 240 g/mol. The topological polar surface area (TPSA) is 17.1 Å². The highest BCUT2D eigenvalue weighted by atomic mass is 35.5. The van der Waals surface area contributed by atoms with E-state index in [0.717, 1.165) is 12.1 Å². The van der Waals surface area contributed by atoms with Gasteiger partial charge in [-0.25, -0.2) is 0 Å². The summed E-state index contributed by atoms with van der Waals surface area (Å²) in [6.45, 7) is 0. The van der Waals surface area contributed by atoms with Crippen molar-refractivity contribution in [3.63, 3.8) is 0 Å². The van der Waals surface area contributed by atoms with Crippen LogP contribution in [-0.4, -0.2) is 6.29 Å². The van der Waals surface area contributed by atoms with Crippen LogP contribution in [0.1, 0.15) is 15.9 Å². The minimum atomic E-state index is -4.61. The van der Waals surface area contributed by atoms with Crippen molar-refractivity contribution >= 4 is 29.5 Å². The predicted octanol–water partition coefficient (Wildman–Crippen LogP) is 3.82. The van der Waals surface area contributed by atoms with E-state index in [9.17, 15) is 18.0 Å². The quantitative estimate of drug-likeness (QED) is 0.685. The van der Waals surface area contributed by atoms with Crippen molar-refractivity contribution in [3.8, 4) is 0 Å². The van der Waals surface area contributed by atoms with Crippen molar-refractivity contribution in [3.05, 3.63) is 33.3 Å². The van der Waals surface area contributed by atoms with E-state index in [0.29, 0.717) is 0 Å². The Balaban J connectivity index is 3.47. The number of alkyl halides is 3. The molecule has 1 nitrogen and oxygen atoms in total. The molecule has 0 aliphatic rings. The maximum Gasteiger partial charge on any atom is 0.417 e. The van der Waals surface area contributed by atoms with E-state index in [4.69, 9.17) is 23.2 Å². The van der Waals surface area contributed by atoms with E-state index in [2.05, 4.69) is 0 Å². The zero-order chi connectivity index (χ0) is 10.9. The molecule has 0 aliphatic heterocycles. The highest BCUT2D eigenvalue weighted by Gasteiger charge is 2.34. The van der Waals surface area contributed by atoms with Gasteiger partial charge in [0.25, 0.3) is 0 Å². The highest BCUT2D eigenvalue weighted by molar-refractivity contribution is 6.43. The average Bonchev–Trinajstić information content (AvgIpc) is 2.07. The minimum absolute atomic E-state index is 0.0387. The monoisotopic (exact) mass is 242 g/mol. The van der Waals surface area contributed by atoms with Gasteiger partial charge >= 0.3 is 6.18 Å². The van der Waals surface area contributed by atoms with E-state index in [-0.39, 0.29) is 16.3 Å². The molecule has 0 unspecified atom stereocenters. The molecule has 0 amide bonds. The molecule has 0 radical (unpaired) electrons. The van der Waals surface area contributed by atoms with Crippen LogP contribution in [0.2, 0.25) is 10.0 Å². The summed E-state index contributed by atoms with van der Waals surface area (Å²) < 4.78 is 36.9. The first-order valence-electron chi connectivity index (χ1n) is 3.38. The Labute approximate surface area is 87.4 Å². The summed E-state index contributed by atoms with van der Waals surface area (Å²) in [5, 5.41) is -0.460. The first-order chi connectivity index (χ1) is 6.38. The van der Waals surface area contributed by atoms with E-state index in [1.54, 1.807) is 0 Å². The molecule has 0 N–H and O–H groups in total. The molecule has 0 saturated carbocycles. The Bertz CT molecular complexity index is 374. The van der Waals surface area contributed by atoms with E-state index >= 15 is 0 Å². The summed E-state index contributed by atoms with van der Waals surface area (Å²) in [7, 11) is 0. The number of halogens is 5. The lowest BCUT2D eigenvalue weighted by molar-refractivity contribution is -0.137. The van der Waals surface area contributed by atoms with Crippen LogP contribution in [0, 0.1) is 0 Å². The van der Waals surface area contributed by atoms with Gasteiger partial charge in [-0.05, 0) is 12.1 Å². The molecule has 0 aromatic heterocycles. The standard InChI is InChI=1S/C8H3Cl2F3O/c9-6-2-1-5(8(11,12)13)4(3-14)7(6)10/h1-3H. The molecule has 1 aromatic rings. The van der Waals surface area contributed by atoms with Crippen molar-refractivity contribution < 1.29 is 18.0 Å². The summed E-state index contributed by atoms with van der Waals surface area (Å²) in [5.74, 6) is 0. The van der Waals surface area contributed by atoms with E-state index in [1.165, 1.54) is 0 Å². The highest BCUT2D eigenvalue weighted by Crippen LogP contribution is 2.36. The van der Waals surface area contributed by atoms with Gasteiger partial charge in [0.1, 0.15) is 0 Å². The van der Waals surface area contributed by atoms with Crippen LogP contribution in [0.3, 0.4) is 0 Å². The number of benzene rings is 1. The zero-order valence-corrected chi connectivity index (χ0v) is 8.04. The fourth-order valence-corrected chi connectivity index (χ4v) is 1.30.